The highest BCUT2D eigenvalue weighted by Crippen LogP contribution is 2.30. The zero-order valence-corrected chi connectivity index (χ0v) is 20.8. The first-order chi connectivity index (χ1) is 17.4. The van der Waals surface area contributed by atoms with Gasteiger partial charge in [-0.15, -0.1) is 0 Å². The molecule has 0 aliphatic carbocycles. The lowest BCUT2D eigenvalue weighted by atomic mass is 10.1. The lowest BCUT2D eigenvalue weighted by Crippen LogP contribution is -2.20. The minimum Gasteiger partial charge on any atom is -0.493 e. The fourth-order valence-electron chi connectivity index (χ4n) is 3.77. The molecule has 1 heterocycles. The smallest absolute Gasteiger partial charge is 0.262 e. The van der Waals surface area contributed by atoms with E-state index in [4.69, 9.17) is 9.47 Å². The number of benzene rings is 3. The van der Waals surface area contributed by atoms with Crippen LogP contribution in [0.4, 0.5) is 5.69 Å². The predicted octanol–water partition coefficient (Wildman–Crippen LogP) is 5.83. The van der Waals surface area contributed by atoms with E-state index in [2.05, 4.69) is 28.3 Å². The quantitative estimate of drug-likeness (QED) is 0.309. The van der Waals surface area contributed by atoms with Gasteiger partial charge in [0, 0.05) is 5.69 Å². The molecule has 36 heavy (non-hydrogen) atoms. The van der Waals surface area contributed by atoms with Gasteiger partial charge in [-0.25, -0.2) is 4.98 Å². The molecule has 0 radical (unpaired) electrons. The minimum atomic E-state index is -0.271. The van der Waals surface area contributed by atoms with E-state index >= 15 is 0 Å². The summed E-state index contributed by atoms with van der Waals surface area (Å²) in [5.41, 5.74) is 7.05. The van der Waals surface area contributed by atoms with Crippen molar-refractivity contribution >= 4 is 34.3 Å². The van der Waals surface area contributed by atoms with E-state index < -0.39 is 0 Å². The summed E-state index contributed by atoms with van der Waals surface area (Å²) in [6.07, 6.45) is 2.67. The Balaban J connectivity index is 1.48. The minimum absolute atomic E-state index is 0.164. The second-order valence-electron chi connectivity index (χ2n) is 8.51. The van der Waals surface area contributed by atoms with Crippen molar-refractivity contribution in [3.05, 3.63) is 82.7 Å². The Morgan fingerprint density at radius 3 is 2.53 bits per heavy atom. The van der Waals surface area contributed by atoms with Gasteiger partial charge in [0.05, 0.1) is 23.7 Å². The average molecular weight is 481 g/mol. The summed E-state index contributed by atoms with van der Waals surface area (Å²) >= 11 is 0. The number of imidazole rings is 1. The number of aromatic amines is 1. The maximum atomic E-state index is 12.3. The Kier molecular flexibility index (Phi) is 7.36. The standard InChI is InChI=1S/C29H28N4O3/c1-5-20-6-9-23(10-7-20)31-28(34)17-36-26-11-8-21(15-27(26)35-4)14-22(16-30)29-32-24-12-18(2)19(3)13-25(24)33-29/h6-15H,5,17H2,1-4H3,(H,31,34)(H,32,33)/b22-14-. The van der Waals surface area contributed by atoms with Gasteiger partial charge in [-0.3, -0.25) is 4.79 Å². The number of rotatable bonds is 8. The first kappa shape index (κ1) is 24.6. The summed E-state index contributed by atoms with van der Waals surface area (Å²) < 4.78 is 11.2. The normalized spacial score (nSPS) is 11.2. The Hall–Kier alpha value is -4.57. The van der Waals surface area contributed by atoms with E-state index in [1.54, 1.807) is 24.3 Å². The van der Waals surface area contributed by atoms with Crippen LogP contribution in [0, 0.1) is 25.2 Å². The number of aryl methyl sites for hydroxylation is 3. The first-order valence-electron chi connectivity index (χ1n) is 11.7. The number of methoxy groups -OCH3 is 1. The fraction of sp³-hybridized carbons (Fsp3) is 0.207. The molecule has 7 nitrogen and oxygen atoms in total. The van der Waals surface area contributed by atoms with Crippen LogP contribution in [0.2, 0.25) is 0 Å². The van der Waals surface area contributed by atoms with Gasteiger partial charge in [0.25, 0.3) is 5.91 Å². The summed E-state index contributed by atoms with van der Waals surface area (Å²) in [6, 6.07) is 19.2. The number of anilines is 1. The van der Waals surface area contributed by atoms with E-state index in [-0.39, 0.29) is 12.5 Å². The Labute approximate surface area is 210 Å². The maximum Gasteiger partial charge on any atom is 0.262 e. The molecule has 4 rings (SSSR count). The van der Waals surface area contributed by atoms with Crippen LogP contribution in [0.3, 0.4) is 0 Å². The topological polar surface area (TPSA) is 100 Å². The highest BCUT2D eigenvalue weighted by molar-refractivity contribution is 5.92. The van der Waals surface area contributed by atoms with Gasteiger partial charge in [0.2, 0.25) is 0 Å². The second kappa shape index (κ2) is 10.8. The molecule has 2 N–H and O–H groups in total. The van der Waals surface area contributed by atoms with Crippen molar-refractivity contribution < 1.29 is 14.3 Å². The Morgan fingerprint density at radius 1 is 1.08 bits per heavy atom. The molecule has 3 aromatic carbocycles. The van der Waals surface area contributed by atoms with Crippen LogP contribution < -0.4 is 14.8 Å². The molecule has 7 heteroatoms. The molecule has 1 aromatic heterocycles. The molecule has 0 fully saturated rings. The van der Waals surface area contributed by atoms with Crippen molar-refractivity contribution in [2.75, 3.05) is 19.0 Å². The third kappa shape index (κ3) is 5.56. The van der Waals surface area contributed by atoms with Crippen molar-refractivity contribution in [2.45, 2.75) is 27.2 Å². The third-order valence-corrected chi connectivity index (χ3v) is 5.98. The van der Waals surface area contributed by atoms with Gasteiger partial charge in [-0.05, 0) is 85.0 Å². The number of allylic oxidation sites excluding steroid dienone is 1. The van der Waals surface area contributed by atoms with Gasteiger partial charge in [-0.1, -0.05) is 25.1 Å². The zero-order valence-electron chi connectivity index (χ0n) is 20.8. The van der Waals surface area contributed by atoms with Crippen molar-refractivity contribution in [1.82, 2.24) is 9.97 Å². The van der Waals surface area contributed by atoms with Gasteiger partial charge in [-0.2, -0.15) is 5.26 Å². The molecule has 0 unspecified atom stereocenters. The summed E-state index contributed by atoms with van der Waals surface area (Å²) in [4.78, 5) is 20.2. The molecule has 182 valence electrons. The number of nitrogens with zero attached hydrogens (tertiary/aromatic N) is 2. The lowest BCUT2D eigenvalue weighted by molar-refractivity contribution is -0.118. The largest absolute Gasteiger partial charge is 0.493 e. The molecular weight excluding hydrogens is 452 g/mol. The number of carbonyl (C=O) groups is 1. The summed E-state index contributed by atoms with van der Waals surface area (Å²) in [6.45, 7) is 5.99. The number of hydrogen-bond acceptors (Lipinski definition) is 5. The number of hydrogen-bond donors (Lipinski definition) is 2. The number of ether oxygens (including phenoxy) is 2. The number of H-pyrrole nitrogens is 1. The number of aromatic nitrogens is 2. The van der Waals surface area contributed by atoms with Gasteiger partial charge < -0.3 is 19.8 Å². The van der Waals surface area contributed by atoms with Crippen molar-refractivity contribution in [3.63, 3.8) is 0 Å². The van der Waals surface area contributed by atoms with Crippen molar-refractivity contribution in [2.24, 2.45) is 0 Å². The molecule has 0 aliphatic rings. The third-order valence-electron chi connectivity index (χ3n) is 5.98. The van der Waals surface area contributed by atoms with Crippen LogP contribution in [0.1, 0.15) is 35.0 Å². The second-order valence-corrected chi connectivity index (χ2v) is 8.51. The molecule has 0 atom stereocenters. The van der Waals surface area contributed by atoms with Crippen LogP contribution in [0.15, 0.2) is 54.6 Å². The van der Waals surface area contributed by atoms with Crippen molar-refractivity contribution in [1.29, 1.82) is 5.26 Å². The number of nitrogens with one attached hydrogen (secondary N) is 2. The number of amides is 1. The summed E-state index contributed by atoms with van der Waals surface area (Å²) in [7, 11) is 1.53. The Bertz CT molecular complexity index is 1440. The Morgan fingerprint density at radius 2 is 1.83 bits per heavy atom. The molecule has 0 saturated carbocycles. The van der Waals surface area contributed by atoms with Crippen LogP contribution in [-0.4, -0.2) is 29.6 Å². The molecule has 0 bridgehead atoms. The van der Waals surface area contributed by atoms with Crippen LogP contribution >= 0.6 is 0 Å². The van der Waals surface area contributed by atoms with E-state index in [1.807, 2.05) is 50.2 Å². The van der Waals surface area contributed by atoms with Crippen LogP contribution in [0.25, 0.3) is 22.7 Å². The lowest BCUT2D eigenvalue weighted by Gasteiger charge is -2.12. The van der Waals surface area contributed by atoms with Crippen molar-refractivity contribution in [3.8, 4) is 17.6 Å². The van der Waals surface area contributed by atoms with Gasteiger partial charge in [0.15, 0.2) is 18.1 Å². The number of fused-ring (bicyclic) bond motifs is 1. The molecule has 0 aliphatic heterocycles. The average Bonchev–Trinajstić information content (AvgIpc) is 3.29. The fourth-order valence-corrected chi connectivity index (χ4v) is 3.77. The van der Waals surface area contributed by atoms with Crippen LogP contribution in [0.5, 0.6) is 11.5 Å². The predicted molar refractivity (Wildman–Crippen MR) is 142 cm³/mol. The van der Waals surface area contributed by atoms with E-state index in [1.165, 1.54) is 12.7 Å². The number of carbonyl (C=O) groups excluding carboxylic acids is 1. The molecule has 0 spiro atoms. The van der Waals surface area contributed by atoms with Gasteiger partial charge in [0.1, 0.15) is 11.9 Å². The van der Waals surface area contributed by atoms with E-state index in [0.717, 1.165) is 34.1 Å². The maximum absolute atomic E-state index is 12.3. The first-order valence-corrected chi connectivity index (χ1v) is 11.7. The van der Waals surface area contributed by atoms with E-state index in [0.29, 0.717) is 28.6 Å². The summed E-state index contributed by atoms with van der Waals surface area (Å²) in [5, 5.41) is 12.6. The number of nitriles is 1. The highest BCUT2D eigenvalue weighted by Gasteiger charge is 2.12. The highest BCUT2D eigenvalue weighted by atomic mass is 16.5. The van der Waals surface area contributed by atoms with E-state index in [9.17, 15) is 10.1 Å². The van der Waals surface area contributed by atoms with Crippen LogP contribution in [-0.2, 0) is 11.2 Å². The summed E-state index contributed by atoms with van der Waals surface area (Å²) in [5.74, 6) is 1.11. The molecule has 0 saturated heterocycles. The zero-order chi connectivity index (χ0) is 25.7. The molecule has 1 amide bonds. The molecule has 4 aromatic rings. The van der Waals surface area contributed by atoms with Gasteiger partial charge >= 0.3 is 0 Å². The SMILES string of the molecule is CCc1ccc(NC(=O)COc2ccc(/C=C(/C#N)c3nc4cc(C)c(C)cc4[nH]3)cc2OC)cc1. The molecular formula is C29H28N4O3. The monoisotopic (exact) mass is 480 g/mol.